The molecule has 0 atom stereocenters. The number of aromatic nitrogens is 2. The van der Waals surface area contributed by atoms with Crippen molar-refractivity contribution < 1.29 is 8.42 Å². The largest absolute Gasteiger partial charge is 0.325 e. The van der Waals surface area contributed by atoms with Gasteiger partial charge < -0.3 is 5.73 Å². The molecule has 0 spiro atoms. The van der Waals surface area contributed by atoms with Crippen molar-refractivity contribution >= 4 is 15.8 Å². The molecule has 0 radical (unpaired) electrons. The summed E-state index contributed by atoms with van der Waals surface area (Å²) in [5, 5.41) is -0.256. The Morgan fingerprint density at radius 1 is 1.47 bits per heavy atom. The molecule has 0 aromatic carbocycles. The molecule has 82 valence electrons. The lowest BCUT2D eigenvalue weighted by molar-refractivity contribution is 0.599. The van der Waals surface area contributed by atoms with Gasteiger partial charge in [0, 0.05) is 12.6 Å². The van der Waals surface area contributed by atoms with E-state index in [2.05, 4.69) is 14.7 Å². The van der Waals surface area contributed by atoms with Gasteiger partial charge in [0.1, 0.15) is 12.1 Å². The maximum atomic E-state index is 11.6. The molecule has 0 amide bonds. The van der Waals surface area contributed by atoms with Crippen molar-refractivity contribution in [1.82, 2.24) is 9.97 Å². The predicted octanol–water partition coefficient (Wildman–Crippen LogP) is -0.161. The summed E-state index contributed by atoms with van der Waals surface area (Å²) in [7, 11) is -3.25. The van der Waals surface area contributed by atoms with Gasteiger partial charge in [-0.1, -0.05) is 0 Å². The second-order valence-electron chi connectivity index (χ2n) is 3.45. The zero-order valence-corrected chi connectivity index (χ0v) is 8.87. The molecule has 3 N–H and O–H groups in total. The van der Waals surface area contributed by atoms with E-state index in [4.69, 9.17) is 5.73 Å². The fourth-order valence-electron chi connectivity index (χ4n) is 1.17. The van der Waals surface area contributed by atoms with Crippen LogP contribution < -0.4 is 10.5 Å². The summed E-state index contributed by atoms with van der Waals surface area (Å²) in [6, 6.07) is 1.54. The average molecular weight is 228 g/mol. The predicted molar refractivity (Wildman–Crippen MR) is 55.5 cm³/mol. The van der Waals surface area contributed by atoms with Gasteiger partial charge in [-0.25, -0.2) is 18.4 Å². The first kappa shape index (κ1) is 10.3. The number of rotatable bonds is 4. The summed E-state index contributed by atoms with van der Waals surface area (Å²) in [6.07, 6.45) is 2.75. The normalized spacial score (nSPS) is 16.3. The SMILES string of the molecule is NCc1cc(NS(=O)(=O)C2CC2)ncn1. The number of hydrogen-bond donors (Lipinski definition) is 2. The molecule has 1 saturated carbocycles. The minimum atomic E-state index is -3.25. The minimum absolute atomic E-state index is 0.256. The van der Waals surface area contributed by atoms with E-state index >= 15 is 0 Å². The molecule has 0 aliphatic heterocycles. The molecular weight excluding hydrogens is 216 g/mol. The van der Waals surface area contributed by atoms with Crippen molar-refractivity contribution in [3.05, 3.63) is 18.1 Å². The highest BCUT2D eigenvalue weighted by molar-refractivity contribution is 7.93. The zero-order valence-electron chi connectivity index (χ0n) is 8.05. The highest BCUT2D eigenvalue weighted by Gasteiger charge is 2.35. The van der Waals surface area contributed by atoms with Crippen LogP contribution >= 0.6 is 0 Å². The number of hydrogen-bond acceptors (Lipinski definition) is 5. The van der Waals surface area contributed by atoms with E-state index in [1.807, 2.05) is 0 Å². The Balaban J connectivity index is 2.16. The molecule has 2 rings (SSSR count). The van der Waals surface area contributed by atoms with E-state index in [0.29, 0.717) is 5.69 Å². The van der Waals surface area contributed by atoms with E-state index < -0.39 is 10.0 Å². The van der Waals surface area contributed by atoms with Gasteiger partial charge in [0.25, 0.3) is 0 Å². The van der Waals surface area contributed by atoms with Crippen LogP contribution in [0.2, 0.25) is 0 Å². The lowest BCUT2D eigenvalue weighted by atomic mass is 10.4. The van der Waals surface area contributed by atoms with Crippen LogP contribution in [0.25, 0.3) is 0 Å². The third kappa shape index (κ3) is 2.42. The average Bonchev–Trinajstić information content (AvgIpc) is 3.00. The molecule has 1 heterocycles. The molecule has 0 unspecified atom stereocenters. The van der Waals surface area contributed by atoms with E-state index in [1.165, 1.54) is 6.33 Å². The lowest BCUT2D eigenvalue weighted by Crippen LogP contribution is -2.18. The first-order valence-electron chi connectivity index (χ1n) is 4.64. The van der Waals surface area contributed by atoms with Gasteiger partial charge in [-0.05, 0) is 12.8 Å². The topological polar surface area (TPSA) is 98.0 Å². The lowest BCUT2D eigenvalue weighted by Gasteiger charge is -2.06. The molecule has 0 saturated heterocycles. The van der Waals surface area contributed by atoms with Gasteiger partial charge in [0.2, 0.25) is 10.0 Å². The van der Waals surface area contributed by atoms with Crippen LogP contribution in [0.4, 0.5) is 5.82 Å². The molecule has 1 aliphatic carbocycles. The van der Waals surface area contributed by atoms with Crippen LogP contribution in [-0.4, -0.2) is 23.6 Å². The first-order valence-corrected chi connectivity index (χ1v) is 6.19. The van der Waals surface area contributed by atoms with Crippen molar-refractivity contribution in [1.29, 1.82) is 0 Å². The Kier molecular flexibility index (Phi) is 2.57. The van der Waals surface area contributed by atoms with Crippen LogP contribution in [-0.2, 0) is 16.6 Å². The Labute approximate surface area is 88.0 Å². The molecule has 1 fully saturated rings. The summed E-state index contributed by atoms with van der Waals surface area (Å²) in [5.74, 6) is 0.289. The monoisotopic (exact) mass is 228 g/mol. The fraction of sp³-hybridized carbons (Fsp3) is 0.500. The van der Waals surface area contributed by atoms with Crippen LogP contribution in [0.3, 0.4) is 0 Å². The maximum absolute atomic E-state index is 11.6. The quantitative estimate of drug-likeness (QED) is 0.746. The van der Waals surface area contributed by atoms with Crippen LogP contribution in [0.1, 0.15) is 18.5 Å². The summed E-state index contributed by atoms with van der Waals surface area (Å²) < 4.78 is 25.5. The molecule has 6 nitrogen and oxygen atoms in total. The molecule has 7 heteroatoms. The van der Waals surface area contributed by atoms with Crippen LogP contribution in [0.15, 0.2) is 12.4 Å². The van der Waals surface area contributed by atoms with Crippen molar-refractivity contribution in [2.24, 2.45) is 5.73 Å². The standard InChI is InChI=1S/C8H12N4O2S/c9-4-6-3-8(11-5-10-6)12-15(13,14)7-1-2-7/h3,5,7H,1-2,4,9H2,(H,10,11,12). The van der Waals surface area contributed by atoms with E-state index in [9.17, 15) is 8.42 Å². The van der Waals surface area contributed by atoms with Gasteiger partial charge in [0.05, 0.1) is 10.9 Å². The molecule has 1 aliphatic rings. The molecule has 15 heavy (non-hydrogen) atoms. The third-order valence-electron chi connectivity index (χ3n) is 2.14. The highest BCUT2D eigenvalue weighted by atomic mass is 32.2. The number of nitrogens with two attached hydrogens (primary N) is 1. The van der Waals surface area contributed by atoms with Crippen LogP contribution in [0, 0.1) is 0 Å². The Morgan fingerprint density at radius 2 is 2.20 bits per heavy atom. The van der Waals surface area contributed by atoms with Gasteiger partial charge in [0.15, 0.2) is 0 Å². The molecular formula is C8H12N4O2S. The van der Waals surface area contributed by atoms with Gasteiger partial charge in [-0.3, -0.25) is 4.72 Å². The minimum Gasteiger partial charge on any atom is -0.325 e. The zero-order chi connectivity index (χ0) is 10.9. The van der Waals surface area contributed by atoms with Crippen molar-refractivity contribution in [2.75, 3.05) is 4.72 Å². The van der Waals surface area contributed by atoms with Crippen molar-refractivity contribution in [3.8, 4) is 0 Å². The van der Waals surface area contributed by atoms with Crippen molar-refractivity contribution in [2.45, 2.75) is 24.6 Å². The highest BCUT2D eigenvalue weighted by Crippen LogP contribution is 2.29. The van der Waals surface area contributed by atoms with E-state index in [-0.39, 0.29) is 17.6 Å². The molecule has 1 aromatic heterocycles. The summed E-state index contributed by atoms with van der Waals surface area (Å²) in [6.45, 7) is 0.265. The summed E-state index contributed by atoms with van der Waals surface area (Å²) in [4.78, 5) is 7.70. The third-order valence-corrected chi connectivity index (χ3v) is 3.99. The Bertz CT molecular complexity index is 455. The molecule has 0 bridgehead atoms. The number of nitrogens with zero attached hydrogens (tertiary/aromatic N) is 2. The van der Waals surface area contributed by atoms with Gasteiger partial charge in [-0.15, -0.1) is 0 Å². The molecule has 1 aromatic rings. The Morgan fingerprint density at radius 3 is 2.80 bits per heavy atom. The second kappa shape index (κ2) is 3.74. The maximum Gasteiger partial charge on any atom is 0.236 e. The smallest absolute Gasteiger partial charge is 0.236 e. The van der Waals surface area contributed by atoms with Crippen molar-refractivity contribution in [3.63, 3.8) is 0 Å². The Hall–Kier alpha value is -1.21. The fourth-order valence-corrected chi connectivity index (χ4v) is 2.50. The first-order chi connectivity index (χ1) is 7.12. The van der Waals surface area contributed by atoms with Gasteiger partial charge in [-0.2, -0.15) is 0 Å². The number of sulfonamides is 1. The van der Waals surface area contributed by atoms with E-state index in [0.717, 1.165) is 12.8 Å². The van der Waals surface area contributed by atoms with Gasteiger partial charge >= 0.3 is 0 Å². The van der Waals surface area contributed by atoms with Crippen LogP contribution in [0.5, 0.6) is 0 Å². The van der Waals surface area contributed by atoms with E-state index in [1.54, 1.807) is 6.07 Å². The number of nitrogens with one attached hydrogen (secondary N) is 1. The second-order valence-corrected chi connectivity index (χ2v) is 5.41. The number of anilines is 1. The summed E-state index contributed by atoms with van der Waals surface area (Å²) >= 11 is 0. The summed E-state index contributed by atoms with van der Waals surface area (Å²) in [5.41, 5.74) is 6.00.